The molecule has 0 atom stereocenters. The number of nitrogens with zero attached hydrogens (tertiary/aromatic N) is 1. The summed E-state index contributed by atoms with van der Waals surface area (Å²) in [4.78, 5) is 12.2. The topological polar surface area (TPSA) is 80.5 Å². The third kappa shape index (κ3) is 1.68. The molecule has 96 valence electrons. The first-order chi connectivity index (χ1) is 8.50. The number of carbonyl (C=O) groups excluding carboxylic acids is 1. The quantitative estimate of drug-likeness (QED) is 0.834. The molecule has 1 aromatic carbocycles. The summed E-state index contributed by atoms with van der Waals surface area (Å²) in [5, 5.41) is 0. The Bertz CT molecular complexity index is 620. The van der Waals surface area contributed by atoms with Crippen molar-refractivity contribution in [2.24, 2.45) is 5.92 Å². The molecule has 3 rings (SSSR count). The molecule has 0 spiro atoms. The van der Waals surface area contributed by atoms with Crippen molar-refractivity contribution >= 4 is 21.6 Å². The molecule has 1 aliphatic heterocycles. The minimum Gasteiger partial charge on any atom is -0.399 e. The van der Waals surface area contributed by atoms with E-state index in [1.54, 1.807) is 0 Å². The highest BCUT2D eigenvalue weighted by Gasteiger charge is 2.41. The summed E-state index contributed by atoms with van der Waals surface area (Å²) in [7, 11) is -3.65. The van der Waals surface area contributed by atoms with Gasteiger partial charge in [-0.2, -0.15) is 0 Å². The van der Waals surface area contributed by atoms with E-state index in [-0.39, 0.29) is 17.0 Å². The fourth-order valence-electron chi connectivity index (χ4n) is 2.23. The zero-order chi connectivity index (χ0) is 12.9. The molecule has 1 amide bonds. The average Bonchev–Trinajstić information content (AvgIpc) is 3.09. The Morgan fingerprint density at radius 2 is 2.06 bits per heavy atom. The Balaban J connectivity index is 1.96. The predicted octanol–water partition coefficient (Wildman–Crippen LogP) is 1.21. The van der Waals surface area contributed by atoms with Gasteiger partial charge in [0, 0.05) is 12.2 Å². The number of nitrogen functional groups attached to an aromatic ring is 1. The summed E-state index contributed by atoms with van der Waals surface area (Å²) in [5.74, 6) is 0.139. The molecule has 18 heavy (non-hydrogen) atoms. The van der Waals surface area contributed by atoms with Crippen LogP contribution in [0.1, 0.15) is 29.6 Å². The second-order valence-corrected chi connectivity index (χ2v) is 6.70. The number of hydrogen-bond donors (Lipinski definition) is 1. The predicted molar refractivity (Wildman–Crippen MR) is 66.4 cm³/mol. The molecule has 0 bridgehead atoms. The monoisotopic (exact) mass is 266 g/mol. The Kier molecular flexibility index (Phi) is 2.38. The molecular weight excluding hydrogens is 252 g/mol. The molecule has 1 aliphatic carbocycles. The molecule has 2 aliphatic rings. The van der Waals surface area contributed by atoms with Crippen LogP contribution in [0.15, 0.2) is 23.1 Å². The third-order valence-electron chi connectivity index (χ3n) is 3.47. The van der Waals surface area contributed by atoms with Gasteiger partial charge in [0.25, 0.3) is 15.9 Å². The van der Waals surface area contributed by atoms with Crippen molar-refractivity contribution in [2.75, 3.05) is 12.3 Å². The van der Waals surface area contributed by atoms with Crippen LogP contribution >= 0.6 is 0 Å². The molecule has 0 radical (unpaired) electrons. The minimum atomic E-state index is -3.65. The van der Waals surface area contributed by atoms with Crippen molar-refractivity contribution in [3.05, 3.63) is 23.8 Å². The summed E-state index contributed by atoms with van der Waals surface area (Å²) in [6.07, 6.45) is 3.04. The van der Waals surface area contributed by atoms with Gasteiger partial charge >= 0.3 is 0 Å². The van der Waals surface area contributed by atoms with Crippen LogP contribution in [0.2, 0.25) is 0 Å². The number of rotatable bonds is 3. The summed E-state index contributed by atoms with van der Waals surface area (Å²) < 4.78 is 25.4. The average molecular weight is 266 g/mol. The highest BCUT2D eigenvalue weighted by Crippen LogP contribution is 2.36. The van der Waals surface area contributed by atoms with E-state index in [2.05, 4.69) is 0 Å². The van der Waals surface area contributed by atoms with Gasteiger partial charge in [0.1, 0.15) is 4.90 Å². The highest BCUT2D eigenvalue weighted by molar-refractivity contribution is 7.90. The molecule has 0 unspecified atom stereocenters. The number of hydrogen-bond acceptors (Lipinski definition) is 4. The number of carbonyl (C=O) groups is 1. The Morgan fingerprint density at radius 1 is 1.33 bits per heavy atom. The largest absolute Gasteiger partial charge is 0.399 e. The lowest BCUT2D eigenvalue weighted by molar-refractivity contribution is 0.0869. The molecular formula is C12H14N2O3S. The van der Waals surface area contributed by atoms with Gasteiger partial charge in [-0.1, -0.05) is 12.8 Å². The number of anilines is 1. The van der Waals surface area contributed by atoms with Gasteiger partial charge < -0.3 is 5.73 Å². The van der Waals surface area contributed by atoms with Crippen LogP contribution < -0.4 is 5.73 Å². The zero-order valence-corrected chi connectivity index (χ0v) is 10.6. The van der Waals surface area contributed by atoms with Crippen molar-refractivity contribution in [3.8, 4) is 0 Å². The van der Waals surface area contributed by atoms with Crippen LogP contribution in [0.5, 0.6) is 0 Å². The lowest BCUT2D eigenvalue weighted by Crippen LogP contribution is -2.31. The number of fused-ring (bicyclic) bond motifs is 1. The second kappa shape index (κ2) is 3.71. The van der Waals surface area contributed by atoms with Crippen LogP contribution in [-0.4, -0.2) is 25.2 Å². The van der Waals surface area contributed by atoms with Crippen LogP contribution in [0.3, 0.4) is 0 Å². The first-order valence-corrected chi connectivity index (χ1v) is 7.41. The van der Waals surface area contributed by atoms with E-state index in [0.29, 0.717) is 11.6 Å². The van der Waals surface area contributed by atoms with E-state index in [1.165, 1.54) is 18.2 Å². The SMILES string of the molecule is Nc1ccc2c(c1)C(=O)N(CCC1CC1)S2(=O)=O. The molecule has 1 aromatic rings. The maximum absolute atomic E-state index is 12.2. The molecule has 1 saturated carbocycles. The van der Waals surface area contributed by atoms with Gasteiger partial charge in [-0.25, -0.2) is 12.7 Å². The van der Waals surface area contributed by atoms with Crippen molar-refractivity contribution < 1.29 is 13.2 Å². The molecule has 0 aromatic heterocycles. The maximum atomic E-state index is 12.2. The molecule has 1 fully saturated rings. The van der Waals surface area contributed by atoms with E-state index in [9.17, 15) is 13.2 Å². The molecule has 1 heterocycles. The lowest BCUT2D eigenvalue weighted by Gasteiger charge is -2.14. The maximum Gasteiger partial charge on any atom is 0.269 e. The van der Waals surface area contributed by atoms with Crippen LogP contribution in [-0.2, 0) is 10.0 Å². The number of benzene rings is 1. The van der Waals surface area contributed by atoms with Crippen molar-refractivity contribution in [1.29, 1.82) is 0 Å². The van der Waals surface area contributed by atoms with Crippen molar-refractivity contribution in [1.82, 2.24) is 4.31 Å². The number of nitrogens with two attached hydrogens (primary N) is 1. The van der Waals surface area contributed by atoms with E-state index in [0.717, 1.165) is 23.6 Å². The zero-order valence-electron chi connectivity index (χ0n) is 9.80. The Labute approximate surface area is 106 Å². The van der Waals surface area contributed by atoms with Gasteiger partial charge in [-0.05, 0) is 30.5 Å². The van der Waals surface area contributed by atoms with Crippen molar-refractivity contribution in [2.45, 2.75) is 24.2 Å². The molecule has 0 saturated heterocycles. The van der Waals surface area contributed by atoms with Crippen molar-refractivity contribution in [3.63, 3.8) is 0 Å². The second-order valence-electron chi connectivity index (χ2n) is 4.87. The summed E-state index contributed by atoms with van der Waals surface area (Å²) >= 11 is 0. The van der Waals surface area contributed by atoms with E-state index in [1.807, 2.05) is 0 Å². The summed E-state index contributed by atoms with van der Waals surface area (Å²) in [6.45, 7) is 0.278. The van der Waals surface area contributed by atoms with E-state index in [4.69, 9.17) is 5.73 Å². The van der Waals surface area contributed by atoms with E-state index < -0.39 is 15.9 Å². The molecule has 5 nitrogen and oxygen atoms in total. The number of sulfonamides is 1. The van der Waals surface area contributed by atoms with Crippen LogP contribution in [0.25, 0.3) is 0 Å². The first kappa shape index (κ1) is 11.5. The van der Waals surface area contributed by atoms with Crippen LogP contribution in [0, 0.1) is 5.92 Å². The van der Waals surface area contributed by atoms with Gasteiger partial charge in [-0.3, -0.25) is 4.79 Å². The Hall–Kier alpha value is -1.56. The van der Waals surface area contributed by atoms with Gasteiger partial charge in [0.05, 0.1) is 5.56 Å². The standard InChI is InChI=1S/C12H14N2O3S/c13-9-3-4-11-10(7-9)12(15)14(18(11,16)17)6-5-8-1-2-8/h3-4,7-8H,1-2,5-6,13H2. The normalized spacial score (nSPS) is 21.1. The Morgan fingerprint density at radius 3 is 2.72 bits per heavy atom. The summed E-state index contributed by atoms with van der Waals surface area (Å²) in [5.41, 5.74) is 6.20. The summed E-state index contributed by atoms with van der Waals surface area (Å²) in [6, 6.07) is 4.36. The first-order valence-electron chi connectivity index (χ1n) is 5.97. The van der Waals surface area contributed by atoms with E-state index >= 15 is 0 Å². The number of amides is 1. The molecule has 2 N–H and O–H groups in total. The smallest absolute Gasteiger partial charge is 0.269 e. The fraction of sp³-hybridized carbons (Fsp3) is 0.417. The third-order valence-corrected chi connectivity index (χ3v) is 5.31. The minimum absolute atomic E-state index is 0.0810. The van der Waals surface area contributed by atoms with Gasteiger partial charge in [0.2, 0.25) is 0 Å². The molecule has 6 heteroatoms. The van der Waals surface area contributed by atoms with Crippen LogP contribution in [0.4, 0.5) is 5.69 Å². The van der Waals surface area contributed by atoms with Gasteiger partial charge in [0.15, 0.2) is 0 Å². The fourth-order valence-corrected chi connectivity index (χ4v) is 3.79. The lowest BCUT2D eigenvalue weighted by atomic mass is 10.2. The van der Waals surface area contributed by atoms with Gasteiger partial charge in [-0.15, -0.1) is 0 Å². The highest BCUT2D eigenvalue weighted by atomic mass is 32.2.